The number of amides is 6. The number of fused-ring (bicyclic) bond motifs is 2. The average Bonchev–Trinajstić information content (AvgIpc) is 3.51. The maximum Gasteiger partial charge on any atom is 0.328 e. The number of nitrogens with one attached hydrogen (secondary N) is 4. The van der Waals surface area contributed by atoms with E-state index in [1.54, 1.807) is 48.7 Å². The van der Waals surface area contributed by atoms with Crippen molar-refractivity contribution >= 4 is 75.7 Å². The normalized spacial score (nSPS) is 15.2. The van der Waals surface area contributed by atoms with Crippen LogP contribution in [0.4, 0.5) is 23.1 Å². The van der Waals surface area contributed by atoms with E-state index in [2.05, 4.69) is 41.2 Å². The van der Waals surface area contributed by atoms with Crippen molar-refractivity contribution in [2.75, 3.05) is 48.9 Å². The lowest BCUT2D eigenvalue weighted by atomic mass is 10.0. The number of imide groups is 2. The number of nitrogens with two attached hydrogens (primary N) is 2. The maximum absolute atomic E-state index is 13.3. The van der Waals surface area contributed by atoms with E-state index >= 15 is 0 Å². The van der Waals surface area contributed by atoms with E-state index in [1.807, 2.05) is 11.9 Å². The van der Waals surface area contributed by atoms with E-state index in [1.165, 1.54) is 7.11 Å². The number of unbranched alkanes of at least 4 members (excludes halogenated alkanes) is 5. The first-order valence-electron chi connectivity index (χ1n) is 20.4. The Morgan fingerprint density at radius 3 is 2.39 bits per heavy atom. The predicted molar refractivity (Wildman–Crippen MR) is 227 cm³/mol. The third-order valence-corrected chi connectivity index (χ3v) is 10.6. The van der Waals surface area contributed by atoms with Crippen molar-refractivity contribution in [3.8, 4) is 0 Å². The Kier molecular flexibility index (Phi) is 14.5. The van der Waals surface area contributed by atoms with Crippen LogP contribution in [-0.4, -0.2) is 106 Å². The Balaban J connectivity index is 0.852. The van der Waals surface area contributed by atoms with Gasteiger partial charge in [-0.1, -0.05) is 31.7 Å². The summed E-state index contributed by atoms with van der Waals surface area (Å²) in [6, 6.07) is 9.72. The molecule has 2 aromatic carbocycles. The quantitative estimate of drug-likeness (QED) is 0.0422. The van der Waals surface area contributed by atoms with E-state index in [0.29, 0.717) is 47.7 Å². The number of nitrogen functional groups attached to an aromatic ring is 2. The number of aromatic nitrogens is 4. The SMILES string of the molecule is COC(=O)[C@H](CCC(=O)NCCCCCCCCNc1cccc2c1C(=O)N(C1CCC(=O)NC1=O)C2=O)NC(=O)c1ccc(N(C)Cc2cnc3nc(N)nc(N)c3n2)cc1. The molecular formula is C42H50N12O8. The number of hydrogen-bond donors (Lipinski definition) is 6. The van der Waals surface area contributed by atoms with Crippen molar-refractivity contribution in [3.63, 3.8) is 0 Å². The molecule has 2 aliphatic heterocycles. The van der Waals surface area contributed by atoms with Gasteiger partial charge in [-0.3, -0.25) is 39.0 Å². The zero-order valence-corrected chi connectivity index (χ0v) is 34.6. The second-order valence-corrected chi connectivity index (χ2v) is 15.1. The smallest absolute Gasteiger partial charge is 0.328 e. The summed E-state index contributed by atoms with van der Waals surface area (Å²) in [4.78, 5) is 108. The Morgan fingerprint density at radius 2 is 1.66 bits per heavy atom. The highest BCUT2D eigenvalue weighted by molar-refractivity contribution is 6.25. The predicted octanol–water partition coefficient (Wildman–Crippen LogP) is 2.24. The molecule has 1 unspecified atom stereocenters. The van der Waals surface area contributed by atoms with Crippen LogP contribution in [0.1, 0.15) is 101 Å². The van der Waals surface area contributed by atoms with Gasteiger partial charge < -0.3 is 37.1 Å². The summed E-state index contributed by atoms with van der Waals surface area (Å²) >= 11 is 0. The summed E-state index contributed by atoms with van der Waals surface area (Å²) in [7, 11) is 3.07. The maximum atomic E-state index is 13.3. The largest absolute Gasteiger partial charge is 0.467 e. The number of carbonyl (C=O) groups is 7. The Hall–Kier alpha value is -7.25. The first kappa shape index (κ1) is 44.3. The molecule has 2 aliphatic rings. The molecule has 4 aromatic rings. The zero-order chi connectivity index (χ0) is 44.3. The standard InChI is InChI=1S/C42H50N12O8/c1-53(23-25-22-47-36-34(48-25)35(43)51-42(44)52-36)26-14-12-24(13-15-26)37(57)49-29(41(61)62-2)16-18-31(55)46-21-8-6-4-3-5-7-20-45-28-11-9-10-27-33(28)40(60)54(39(27)59)30-17-19-32(56)50-38(30)58/h9-15,22,29-30,45H,3-8,16-21,23H2,1-2H3,(H,46,55)(H,49,57)(H,50,56,58)(H4,43,44,47,51,52)/t29-,30?/m0/s1. The summed E-state index contributed by atoms with van der Waals surface area (Å²) < 4.78 is 4.89. The van der Waals surface area contributed by atoms with Crippen LogP contribution in [0.2, 0.25) is 0 Å². The summed E-state index contributed by atoms with van der Waals surface area (Å²) in [5.74, 6) is -3.40. The van der Waals surface area contributed by atoms with Crippen LogP contribution < -0.4 is 37.6 Å². The molecule has 0 radical (unpaired) electrons. The summed E-state index contributed by atoms with van der Waals surface area (Å²) in [6.07, 6.45) is 7.15. The van der Waals surface area contributed by atoms with Crippen LogP contribution in [0.25, 0.3) is 11.2 Å². The van der Waals surface area contributed by atoms with Crippen molar-refractivity contribution in [1.29, 1.82) is 0 Å². The molecule has 62 heavy (non-hydrogen) atoms. The third-order valence-electron chi connectivity index (χ3n) is 10.6. The number of rotatable bonds is 20. The van der Waals surface area contributed by atoms with Gasteiger partial charge >= 0.3 is 5.97 Å². The number of benzene rings is 2. The molecular weight excluding hydrogens is 801 g/mol. The van der Waals surface area contributed by atoms with Crippen LogP contribution in [0, 0.1) is 0 Å². The lowest BCUT2D eigenvalue weighted by molar-refractivity contribution is -0.143. The molecule has 2 aromatic heterocycles. The van der Waals surface area contributed by atoms with Gasteiger partial charge in [0.05, 0.1) is 36.7 Å². The van der Waals surface area contributed by atoms with Gasteiger partial charge in [-0.05, 0) is 62.1 Å². The van der Waals surface area contributed by atoms with Crippen molar-refractivity contribution in [2.24, 2.45) is 0 Å². The monoisotopic (exact) mass is 850 g/mol. The second kappa shape index (κ2) is 20.3. The number of methoxy groups -OCH3 is 1. The van der Waals surface area contributed by atoms with Crippen molar-refractivity contribution < 1.29 is 38.3 Å². The number of esters is 1. The highest BCUT2D eigenvalue weighted by Crippen LogP contribution is 2.32. The van der Waals surface area contributed by atoms with Gasteiger partial charge in [-0.2, -0.15) is 9.97 Å². The van der Waals surface area contributed by atoms with Gasteiger partial charge in [0.1, 0.15) is 12.1 Å². The molecule has 0 bridgehead atoms. The molecule has 0 saturated carbocycles. The Labute approximate surface area is 356 Å². The molecule has 1 saturated heterocycles. The fourth-order valence-corrected chi connectivity index (χ4v) is 7.33. The topological polar surface area (TPSA) is 287 Å². The van der Waals surface area contributed by atoms with Gasteiger partial charge in [0.25, 0.3) is 17.7 Å². The number of ether oxygens (including phenoxy) is 1. The van der Waals surface area contributed by atoms with E-state index in [9.17, 15) is 33.6 Å². The van der Waals surface area contributed by atoms with Gasteiger partial charge in [-0.15, -0.1) is 0 Å². The highest BCUT2D eigenvalue weighted by Gasteiger charge is 2.45. The third kappa shape index (κ3) is 10.7. The van der Waals surface area contributed by atoms with Crippen molar-refractivity contribution in [3.05, 3.63) is 71.0 Å². The molecule has 4 heterocycles. The van der Waals surface area contributed by atoms with Gasteiger partial charge in [0.2, 0.25) is 23.7 Å². The fourth-order valence-electron chi connectivity index (χ4n) is 7.33. The molecule has 20 heteroatoms. The molecule has 0 spiro atoms. The number of piperidine rings is 1. The number of anilines is 4. The minimum absolute atomic E-state index is 0.0127. The average molecular weight is 851 g/mol. The van der Waals surface area contributed by atoms with Crippen LogP contribution in [0.15, 0.2) is 48.7 Å². The fraction of sp³-hybridized carbons (Fsp3) is 0.405. The number of nitrogens with zero attached hydrogens (tertiary/aromatic N) is 6. The molecule has 2 atom stereocenters. The summed E-state index contributed by atoms with van der Waals surface area (Å²) in [6.45, 7) is 1.43. The molecule has 1 fully saturated rings. The van der Waals surface area contributed by atoms with Crippen LogP contribution in [-0.2, 0) is 30.5 Å². The Morgan fingerprint density at radius 1 is 0.935 bits per heavy atom. The Bertz CT molecular complexity index is 2360. The number of carbonyl (C=O) groups excluding carboxylic acids is 7. The van der Waals surface area contributed by atoms with E-state index in [-0.39, 0.29) is 54.5 Å². The van der Waals surface area contributed by atoms with Crippen LogP contribution in [0.5, 0.6) is 0 Å². The highest BCUT2D eigenvalue weighted by atomic mass is 16.5. The zero-order valence-electron chi connectivity index (χ0n) is 34.6. The molecule has 8 N–H and O–H groups in total. The summed E-state index contributed by atoms with van der Waals surface area (Å²) in [5, 5.41) is 11.0. The number of hydrogen-bond acceptors (Lipinski definition) is 16. The minimum atomic E-state index is -1.02. The van der Waals surface area contributed by atoms with E-state index in [0.717, 1.165) is 49.1 Å². The van der Waals surface area contributed by atoms with Crippen LogP contribution in [0.3, 0.4) is 0 Å². The lowest BCUT2D eigenvalue weighted by Gasteiger charge is -2.27. The summed E-state index contributed by atoms with van der Waals surface area (Å²) in [5.41, 5.74) is 15.0. The molecule has 6 rings (SSSR count). The van der Waals surface area contributed by atoms with Gasteiger partial charge in [0.15, 0.2) is 17.0 Å². The molecule has 326 valence electrons. The minimum Gasteiger partial charge on any atom is -0.467 e. The van der Waals surface area contributed by atoms with Crippen LogP contribution >= 0.6 is 0 Å². The first-order chi connectivity index (χ1) is 29.8. The van der Waals surface area contributed by atoms with Crippen molar-refractivity contribution in [2.45, 2.75) is 82.8 Å². The second-order valence-electron chi connectivity index (χ2n) is 15.1. The van der Waals surface area contributed by atoms with Gasteiger partial charge in [0, 0.05) is 49.9 Å². The van der Waals surface area contributed by atoms with E-state index < -0.39 is 47.6 Å². The van der Waals surface area contributed by atoms with Crippen molar-refractivity contribution in [1.82, 2.24) is 40.8 Å². The molecule has 0 aliphatic carbocycles. The van der Waals surface area contributed by atoms with Gasteiger partial charge in [-0.25, -0.2) is 14.8 Å². The first-order valence-corrected chi connectivity index (χ1v) is 20.4. The van der Waals surface area contributed by atoms with E-state index in [4.69, 9.17) is 16.2 Å². The molecule has 6 amide bonds. The lowest BCUT2D eigenvalue weighted by Crippen LogP contribution is -2.54. The molecule has 20 nitrogen and oxygen atoms in total.